The fourth-order valence-electron chi connectivity index (χ4n) is 1.32. The van der Waals surface area contributed by atoms with E-state index < -0.39 is 29.0 Å². The molecule has 7 nitrogen and oxygen atoms in total. The third-order valence-corrected chi connectivity index (χ3v) is 2.34. The van der Waals surface area contributed by atoms with E-state index in [9.17, 15) is 19.7 Å². The maximum absolute atomic E-state index is 11.8. The number of hydrogen-bond donors (Lipinski definition) is 1. The Kier molecular flexibility index (Phi) is 4.22. The SMILES string of the molecule is CN(CC(=O)O)C(=O)c1ccc(Cl)cc1[N+](=O)[O-]. The predicted octanol–water partition coefficient (Wildman–Crippen LogP) is 1.40. The zero-order valence-electron chi connectivity index (χ0n) is 9.29. The third-order valence-electron chi connectivity index (χ3n) is 2.11. The molecule has 96 valence electrons. The average Bonchev–Trinajstić information content (AvgIpc) is 2.26. The minimum atomic E-state index is -1.21. The Morgan fingerprint density at radius 3 is 2.61 bits per heavy atom. The Balaban J connectivity index is 3.12. The van der Waals surface area contributed by atoms with Crippen LogP contribution in [0.1, 0.15) is 10.4 Å². The summed E-state index contributed by atoms with van der Waals surface area (Å²) in [7, 11) is 1.24. The molecule has 0 aliphatic carbocycles. The molecule has 0 heterocycles. The number of carboxylic acids is 1. The zero-order chi connectivity index (χ0) is 13.9. The Morgan fingerprint density at radius 2 is 2.11 bits per heavy atom. The molecule has 1 aromatic carbocycles. The lowest BCUT2D eigenvalue weighted by Gasteiger charge is -2.14. The van der Waals surface area contributed by atoms with Gasteiger partial charge < -0.3 is 10.0 Å². The van der Waals surface area contributed by atoms with Crippen molar-refractivity contribution in [1.29, 1.82) is 0 Å². The number of benzene rings is 1. The van der Waals surface area contributed by atoms with E-state index in [2.05, 4.69) is 0 Å². The smallest absolute Gasteiger partial charge is 0.323 e. The van der Waals surface area contributed by atoms with Crippen LogP contribution in [0.15, 0.2) is 18.2 Å². The number of likely N-dealkylation sites (N-methyl/N-ethyl adjacent to an activating group) is 1. The Morgan fingerprint density at radius 1 is 1.50 bits per heavy atom. The van der Waals surface area contributed by atoms with Crippen LogP contribution in [-0.4, -0.2) is 40.4 Å². The lowest BCUT2D eigenvalue weighted by molar-refractivity contribution is -0.385. The molecule has 0 aliphatic heterocycles. The summed E-state index contributed by atoms with van der Waals surface area (Å²) < 4.78 is 0. The number of carbonyl (C=O) groups is 2. The summed E-state index contributed by atoms with van der Waals surface area (Å²) in [6.07, 6.45) is 0. The number of hydrogen-bond acceptors (Lipinski definition) is 4. The van der Waals surface area contributed by atoms with Crippen molar-refractivity contribution in [3.63, 3.8) is 0 Å². The first-order valence-electron chi connectivity index (χ1n) is 4.74. The molecule has 0 aliphatic rings. The summed E-state index contributed by atoms with van der Waals surface area (Å²) in [6.45, 7) is -0.543. The van der Waals surface area contributed by atoms with Gasteiger partial charge in [-0.1, -0.05) is 11.6 Å². The number of nitro benzene ring substituents is 1. The van der Waals surface area contributed by atoms with Crippen LogP contribution in [-0.2, 0) is 4.79 Å². The van der Waals surface area contributed by atoms with Crippen LogP contribution in [0.5, 0.6) is 0 Å². The molecular weight excluding hydrogens is 264 g/mol. The highest BCUT2D eigenvalue weighted by Crippen LogP contribution is 2.24. The Hall–Kier alpha value is -2.15. The van der Waals surface area contributed by atoms with Crippen molar-refractivity contribution in [3.05, 3.63) is 38.9 Å². The fourth-order valence-corrected chi connectivity index (χ4v) is 1.48. The third kappa shape index (κ3) is 3.17. The van der Waals surface area contributed by atoms with Crippen molar-refractivity contribution in [2.45, 2.75) is 0 Å². The quantitative estimate of drug-likeness (QED) is 0.659. The van der Waals surface area contributed by atoms with Gasteiger partial charge in [0.25, 0.3) is 11.6 Å². The number of carboxylic acid groups (broad SMARTS) is 1. The van der Waals surface area contributed by atoms with Crippen LogP contribution in [0.2, 0.25) is 5.02 Å². The summed E-state index contributed by atoms with van der Waals surface area (Å²) in [5, 5.41) is 19.5. The number of nitro groups is 1. The maximum Gasteiger partial charge on any atom is 0.323 e. The van der Waals surface area contributed by atoms with Crippen LogP contribution < -0.4 is 0 Å². The molecule has 0 spiro atoms. The molecule has 0 aromatic heterocycles. The van der Waals surface area contributed by atoms with E-state index in [-0.39, 0.29) is 10.6 Å². The van der Waals surface area contributed by atoms with Crippen LogP contribution >= 0.6 is 11.6 Å². The van der Waals surface area contributed by atoms with Gasteiger partial charge >= 0.3 is 5.97 Å². The van der Waals surface area contributed by atoms with Gasteiger partial charge in [-0.3, -0.25) is 19.7 Å². The first-order valence-corrected chi connectivity index (χ1v) is 5.12. The molecule has 0 fully saturated rings. The summed E-state index contributed by atoms with van der Waals surface area (Å²) in [6, 6.07) is 3.57. The van der Waals surface area contributed by atoms with E-state index in [0.29, 0.717) is 0 Å². The van der Waals surface area contributed by atoms with Crippen LogP contribution in [0.4, 0.5) is 5.69 Å². The molecule has 1 rings (SSSR count). The van der Waals surface area contributed by atoms with E-state index in [1.807, 2.05) is 0 Å². The normalized spacial score (nSPS) is 9.89. The lowest BCUT2D eigenvalue weighted by atomic mass is 10.1. The second-order valence-electron chi connectivity index (χ2n) is 3.47. The topological polar surface area (TPSA) is 101 Å². The van der Waals surface area contributed by atoms with Crippen molar-refractivity contribution in [2.75, 3.05) is 13.6 Å². The van der Waals surface area contributed by atoms with Crippen LogP contribution in [0, 0.1) is 10.1 Å². The van der Waals surface area contributed by atoms with Gasteiger partial charge in [-0.15, -0.1) is 0 Å². The largest absolute Gasteiger partial charge is 0.480 e. The van der Waals surface area contributed by atoms with E-state index in [1.54, 1.807) is 0 Å². The maximum atomic E-state index is 11.8. The first kappa shape index (κ1) is 13.9. The van der Waals surface area contributed by atoms with Crippen molar-refractivity contribution >= 4 is 29.2 Å². The second-order valence-corrected chi connectivity index (χ2v) is 3.91. The van der Waals surface area contributed by atoms with Gasteiger partial charge in [0.2, 0.25) is 0 Å². The monoisotopic (exact) mass is 272 g/mol. The van der Waals surface area contributed by atoms with Gasteiger partial charge in [0.15, 0.2) is 0 Å². The molecule has 0 saturated carbocycles. The number of halogens is 1. The summed E-state index contributed by atoms with van der Waals surface area (Å²) >= 11 is 5.61. The van der Waals surface area contributed by atoms with Gasteiger partial charge in [-0.25, -0.2) is 0 Å². The van der Waals surface area contributed by atoms with E-state index in [4.69, 9.17) is 16.7 Å². The molecule has 8 heteroatoms. The van der Waals surface area contributed by atoms with Crippen molar-refractivity contribution in [2.24, 2.45) is 0 Å². The molecule has 1 aromatic rings. The second kappa shape index (κ2) is 5.46. The standard InChI is InChI=1S/C10H9ClN2O5/c1-12(5-9(14)15)10(16)7-3-2-6(11)4-8(7)13(17)18/h2-4H,5H2,1H3,(H,14,15). The molecule has 1 amide bonds. The van der Waals surface area contributed by atoms with Crippen molar-refractivity contribution < 1.29 is 19.6 Å². The Labute approximate surface area is 107 Å². The number of carbonyl (C=O) groups excluding carboxylic acids is 1. The molecule has 18 heavy (non-hydrogen) atoms. The van der Waals surface area contributed by atoms with Gasteiger partial charge in [0, 0.05) is 18.1 Å². The highest BCUT2D eigenvalue weighted by molar-refractivity contribution is 6.31. The predicted molar refractivity (Wildman–Crippen MR) is 62.7 cm³/mol. The number of amides is 1. The van der Waals surface area contributed by atoms with Gasteiger partial charge in [0.1, 0.15) is 12.1 Å². The van der Waals surface area contributed by atoms with Gasteiger partial charge in [0.05, 0.1) is 4.92 Å². The van der Waals surface area contributed by atoms with Gasteiger partial charge in [-0.05, 0) is 12.1 Å². The molecule has 0 radical (unpaired) electrons. The molecule has 0 bridgehead atoms. The molecule has 0 saturated heterocycles. The molecule has 1 N–H and O–H groups in total. The number of nitrogens with zero attached hydrogens (tertiary/aromatic N) is 2. The summed E-state index contributed by atoms with van der Waals surface area (Å²) in [5.74, 6) is -1.96. The first-order chi connectivity index (χ1) is 8.32. The van der Waals surface area contributed by atoms with E-state index in [1.165, 1.54) is 19.2 Å². The van der Waals surface area contributed by atoms with E-state index >= 15 is 0 Å². The number of rotatable bonds is 4. The Bertz CT molecular complexity index is 517. The average molecular weight is 273 g/mol. The zero-order valence-corrected chi connectivity index (χ0v) is 10.0. The highest BCUT2D eigenvalue weighted by atomic mass is 35.5. The molecule has 0 atom stereocenters. The summed E-state index contributed by atoms with van der Waals surface area (Å²) in [5.41, 5.74) is -0.655. The molecule has 0 unspecified atom stereocenters. The lowest BCUT2D eigenvalue weighted by Crippen LogP contribution is -2.32. The van der Waals surface area contributed by atoms with Gasteiger partial charge in [-0.2, -0.15) is 0 Å². The van der Waals surface area contributed by atoms with Crippen molar-refractivity contribution in [1.82, 2.24) is 4.90 Å². The van der Waals surface area contributed by atoms with Crippen molar-refractivity contribution in [3.8, 4) is 0 Å². The fraction of sp³-hybridized carbons (Fsp3) is 0.200. The summed E-state index contributed by atoms with van der Waals surface area (Å²) in [4.78, 5) is 33.2. The molecular formula is C10H9ClN2O5. The minimum absolute atomic E-state index is 0.124. The minimum Gasteiger partial charge on any atom is -0.480 e. The number of aliphatic carboxylic acids is 1. The van der Waals surface area contributed by atoms with Crippen LogP contribution in [0.25, 0.3) is 0 Å². The van der Waals surface area contributed by atoms with E-state index in [0.717, 1.165) is 11.0 Å². The van der Waals surface area contributed by atoms with Crippen LogP contribution in [0.3, 0.4) is 0 Å². The highest BCUT2D eigenvalue weighted by Gasteiger charge is 2.24.